The third-order valence-corrected chi connectivity index (χ3v) is 7.67. The Labute approximate surface area is 215 Å². The molecule has 0 radical (unpaired) electrons. The van der Waals surface area contributed by atoms with E-state index in [1.54, 1.807) is 32.6 Å². The van der Waals surface area contributed by atoms with E-state index in [2.05, 4.69) is 0 Å². The van der Waals surface area contributed by atoms with Crippen LogP contribution in [0.3, 0.4) is 0 Å². The SMILES string of the molecule is CC(C)(O)[C@@H](Cc1ccccc1)N(C(=O)C1(C(N)=O)CCCCC1)[C@H](Cc1ccccc1)C(C)(C)O. The number of hydrogen-bond donors (Lipinski definition) is 3. The van der Waals surface area contributed by atoms with E-state index in [0.717, 1.165) is 30.4 Å². The van der Waals surface area contributed by atoms with Crippen molar-refractivity contribution in [3.63, 3.8) is 0 Å². The second-order valence-corrected chi connectivity index (χ2v) is 11.4. The number of carbonyl (C=O) groups is 2. The molecule has 3 rings (SSSR count). The molecule has 1 aliphatic carbocycles. The highest BCUT2D eigenvalue weighted by Gasteiger charge is 2.53. The maximum atomic E-state index is 14.6. The van der Waals surface area contributed by atoms with Gasteiger partial charge in [0.1, 0.15) is 5.41 Å². The maximum Gasteiger partial charge on any atom is 0.238 e. The Balaban J connectivity index is 2.19. The van der Waals surface area contributed by atoms with Crippen molar-refractivity contribution in [2.24, 2.45) is 11.1 Å². The van der Waals surface area contributed by atoms with Crippen molar-refractivity contribution in [1.82, 2.24) is 4.90 Å². The summed E-state index contributed by atoms with van der Waals surface area (Å²) in [4.78, 5) is 29.2. The molecule has 1 aliphatic rings. The Hall–Kier alpha value is -2.70. The highest BCUT2D eigenvalue weighted by Crippen LogP contribution is 2.41. The van der Waals surface area contributed by atoms with Gasteiger partial charge in [-0.2, -0.15) is 0 Å². The molecule has 1 fully saturated rings. The summed E-state index contributed by atoms with van der Waals surface area (Å²) in [5.41, 5.74) is 3.87. The lowest BCUT2D eigenvalue weighted by molar-refractivity contribution is -0.168. The zero-order valence-corrected chi connectivity index (χ0v) is 22.1. The first-order valence-electron chi connectivity index (χ1n) is 13.0. The van der Waals surface area contributed by atoms with Crippen LogP contribution < -0.4 is 5.73 Å². The van der Waals surface area contributed by atoms with Crippen molar-refractivity contribution in [2.45, 2.75) is 95.9 Å². The number of nitrogens with two attached hydrogens (primary N) is 1. The lowest BCUT2D eigenvalue weighted by atomic mass is 9.71. The third-order valence-electron chi connectivity index (χ3n) is 7.67. The van der Waals surface area contributed by atoms with E-state index in [-0.39, 0.29) is 5.91 Å². The van der Waals surface area contributed by atoms with Gasteiger partial charge in [0.15, 0.2) is 0 Å². The average Bonchev–Trinajstić information content (AvgIpc) is 2.83. The molecule has 2 amide bonds. The minimum absolute atomic E-state index is 0.367. The van der Waals surface area contributed by atoms with Crippen LogP contribution in [0, 0.1) is 5.41 Å². The topological polar surface area (TPSA) is 104 Å². The van der Waals surface area contributed by atoms with Crippen LogP contribution in [0.25, 0.3) is 0 Å². The van der Waals surface area contributed by atoms with Gasteiger partial charge in [0.2, 0.25) is 11.8 Å². The second kappa shape index (κ2) is 11.1. The van der Waals surface area contributed by atoms with Gasteiger partial charge in [0.25, 0.3) is 0 Å². The Morgan fingerprint density at radius 3 is 1.53 bits per heavy atom. The Bertz CT molecular complexity index is 943. The van der Waals surface area contributed by atoms with Crippen LogP contribution in [-0.4, -0.2) is 50.2 Å². The molecule has 6 heteroatoms. The predicted octanol–water partition coefficient (Wildman–Crippen LogP) is 4.02. The lowest BCUT2D eigenvalue weighted by Gasteiger charge is -2.50. The van der Waals surface area contributed by atoms with E-state index in [1.807, 2.05) is 60.7 Å². The van der Waals surface area contributed by atoms with Gasteiger partial charge in [0.05, 0.1) is 23.3 Å². The molecule has 2 aromatic carbocycles. The number of hydrogen-bond acceptors (Lipinski definition) is 4. The van der Waals surface area contributed by atoms with Crippen molar-refractivity contribution in [3.8, 4) is 0 Å². The monoisotopic (exact) mass is 494 g/mol. The minimum Gasteiger partial charge on any atom is -0.388 e. The van der Waals surface area contributed by atoms with Gasteiger partial charge in [0, 0.05) is 0 Å². The number of benzene rings is 2. The summed E-state index contributed by atoms with van der Waals surface area (Å²) >= 11 is 0. The fourth-order valence-electron chi connectivity index (χ4n) is 5.52. The molecule has 0 heterocycles. The first-order valence-corrected chi connectivity index (χ1v) is 13.0. The molecule has 4 N–H and O–H groups in total. The minimum atomic E-state index is -1.35. The summed E-state index contributed by atoms with van der Waals surface area (Å²) in [5, 5.41) is 22.9. The summed E-state index contributed by atoms with van der Waals surface area (Å²) in [6.07, 6.45) is 3.91. The first-order chi connectivity index (χ1) is 16.9. The average molecular weight is 495 g/mol. The lowest BCUT2D eigenvalue weighted by Crippen LogP contribution is -2.66. The smallest absolute Gasteiger partial charge is 0.238 e. The highest BCUT2D eigenvalue weighted by molar-refractivity contribution is 6.04. The van der Waals surface area contributed by atoms with E-state index in [4.69, 9.17) is 5.73 Å². The molecule has 1 saturated carbocycles. The number of aliphatic hydroxyl groups is 2. The zero-order chi connectivity index (χ0) is 26.6. The zero-order valence-electron chi connectivity index (χ0n) is 22.1. The standard InChI is InChI=1S/C30H42N2O4/c1-28(2,35)24(20-22-14-8-5-9-15-22)32(27(34)30(26(31)33)18-12-7-13-19-30)25(29(3,4)36)21-23-16-10-6-11-17-23/h5-6,8-11,14-17,24-25,35-36H,7,12-13,18-21H2,1-4H3,(H2,31,33)/t24-,25-/m1/s1. The van der Waals surface area contributed by atoms with Gasteiger partial charge in [-0.15, -0.1) is 0 Å². The van der Waals surface area contributed by atoms with Gasteiger partial charge in [-0.1, -0.05) is 79.9 Å². The Morgan fingerprint density at radius 2 is 1.19 bits per heavy atom. The third kappa shape index (κ3) is 6.34. The maximum absolute atomic E-state index is 14.6. The van der Waals surface area contributed by atoms with Gasteiger partial charge < -0.3 is 20.8 Å². The molecule has 0 unspecified atom stereocenters. The molecule has 0 aliphatic heterocycles. The molecular formula is C30H42N2O4. The molecule has 2 atom stereocenters. The molecule has 2 aromatic rings. The van der Waals surface area contributed by atoms with Crippen LogP contribution in [-0.2, 0) is 22.4 Å². The normalized spacial score (nSPS) is 17.7. The molecule has 36 heavy (non-hydrogen) atoms. The predicted molar refractivity (Wildman–Crippen MR) is 142 cm³/mol. The van der Waals surface area contributed by atoms with Gasteiger partial charge in [-0.05, 0) is 64.5 Å². The molecular weight excluding hydrogens is 452 g/mol. The van der Waals surface area contributed by atoms with Crippen LogP contribution in [0.4, 0.5) is 0 Å². The van der Waals surface area contributed by atoms with Gasteiger partial charge >= 0.3 is 0 Å². The quantitative estimate of drug-likeness (QED) is 0.434. The summed E-state index contributed by atoms with van der Waals surface area (Å²) in [6, 6.07) is 18.0. The van der Waals surface area contributed by atoms with E-state index >= 15 is 0 Å². The van der Waals surface area contributed by atoms with Gasteiger partial charge in [-0.25, -0.2) is 0 Å². The summed E-state index contributed by atoms with van der Waals surface area (Å²) in [7, 11) is 0. The van der Waals surface area contributed by atoms with Crippen LogP contribution in [0.1, 0.15) is 70.9 Å². The Morgan fingerprint density at radius 1 is 0.806 bits per heavy atom. The number of rotatable bonds is 10. The fourth-order valence-corrected chi connectivity index (χ4v) is 5.52. The van der Waals surface area contributed by atoms with Crippen LogP contribution in [0.15, 0.2) is 60.7 Å². The van der Waals surface area contributed by atoms with Crippen LogP contribution >= 0.6 is 0 Å². The number of nitrogens with zero attached hydrogens (tertiary/aromatic N) is 1. The van der Waals surface area contributed by atoms with Crippen LogP contribution in [0.5, 0.6) is 0 Å². The molecule has 0 saturated heterocycles. The number of primary amides is 1. The van der Waals surface area contributed by atoms with Crippen molar-refractivity contribution in [3.05, 3.63) is 71.8 Å². The van der Waals surface area contributed by atoms with Crippen molar-refractivity contribution in [2.75, 3.05) is 0 Å². The molecule has 0 spiro atoms. The van der Waals surface area contributed by atoms with Crippen molar-refractivity contribution >= 4 is 11.8 Å². The summed E-state index contributed by atoms with van der Waals surface area (Å²) < 4.78 is 0. The van der Waals surface area contributed by atoms with Crippen molar-refractivity contribution < 1.29 is 19.8 Å². The molecule has 6 nitrogen and oxygen atoms in total. The summed E-state index contributed by atoms with van der Waals surface area (Å²) in [6.45, 7) is 6.73. The summed E-state index contributed by atoms with van der Waals surface area (Å²) in [5.74, 6) is -1.01. The largest absolute Gasteiger partial charge is 0.388 e. The van der Waals surface area contributed by atoms with Crippen LogP contribution in [0.2, 0.25) is 0 Å². The molecule has 0 bridgehead atoms. The molecule has 0 aromatic heterocycles. The highest BCUT2D eigenvalue weighted by atomic mass is 16.3. The number of amides is 2. The van der Waals surface area contributed by atoms with E-state index in [1.165, 1.54) is 0 Å². The van der Waals surface area contributed by atoms with E-state index in [0.29, 0.717) is 25.7 Å². The second-order valence-electron chi connectivity index (χ2n) is 11.4. The fraction of sp³-hybridized carbons (Fsp3) is 0.533. The van der Waals surface area contributed by atoms with E-state index in [9.17, 15) is 19.8 Å². The van der Waals surface area contributed by atoms with Gasteiger partial charge in [-0.3, -0.25) is 9.59 Å². The van der Waals surface area contributed by atoms with Crippen molar-refractivity contribution in [1.29, 1.82) is 0 Å². The first kappa shape index (κ1) is 27.9. The number of carbonyl (C=O) groups excluding carboxylic acids is 2. The molecule has 196 valence electrons. The Kier molecular flexibility index (Phi) is 8.63. The van der Waals surface area contributed by atoms with E-state index < -0.39 is 34.6 Å².